The van der Waals surface area contributed by atoms with E-state index in [1.807, 2.05) is 30.3 Å². The monoisotopic (exact) mass is 566 g/mol. The molecule has 2 aromatic carbocycles. The minimum atomic E-state index is -0.444. The SMILES string of the molecule is C=CC(=O)OCCc1ccccc1.CCCCCCCCOC(=O)c1ccccc1C(=O)OCCCCCCCC. The summed E-state index contributed by atoms with van der Waals surface area (Å²) >= 11 is 0. The predicted octanol–water partition coefficient (Wildman–Crippen LogP) is 8.68. The van der Waals surface area contributed by atoms with E-state index in [1.54, 1.807) is 24.3 Å². The molecule has 6 nitrogen and oxygen atoms in total. The number of carbonyl (C=O) groups is 3. The van der Waals surface area contributed by atoms with Gasteiger partial charge in [-0.1, -0.05) is 127 Å². The van der Waals surface area contributed by atoms with Crippen molar-refractivity contribution in [3.63, 3.8) is 0 Å². The van der Waals surface area contributed by atoms with Crippen LogP contribution in [0.25, 0.3) is 0 Å². The number of rotatable bonds is 20. The third-order valence-corrected chi connectivity index (χ3v) is 6.47. The van der Waals surface area contributed by atoms with Gasteiger partial charge in [0.15, 0.2) is 0 Å². The quantitative estimate of drug-likeness (QED) is 0.0690. The van der Waals surface area contributed by atoms with Crippen molar-refractivity contribution >= 4 is 17.9 Å². The molecule has 0 aliphatic heterocycles. The van der Waals surface area contributed by atoms with Crippen LogP contribution in [0, 0.1) is 0 Å². The zero-order valence-corrected chi connectivity index (χ0v) is 25.2. The van der Waals surface area contributed by atoms with Crippen LogP contribution in [0.3, 0.4) is 0 Å². The van der Waals surface area contributed by atoms with E-state index in [2.05, 4.69) is 20.4 Å². The minimum Gasteiger partial charge on any atom is -0.462 e. The molecule has 0 fully saturated rings. The molecule has 0 bridgehead atoms. The van der Waals surface area contributed by atoms with Crippen molar-refractivity contribution in [1.82, 2.24) is 0 Å². The van der Waals surface area contributed by atoms with Crippen LogP contribution in [0.1, 0.15) is 117 Å². The number of carbonyl (C=O) groups excluding carboxylic acids is 3. The Labute approximate surface area is 247 Å². The first kappa shape index (κ1) is 35.6. The molecule has 0 amide bonds. The second kappa shape index (κ2) is 24.4. The Morgan fingerprint density at radius 2 is 1.02 bits per heavy atom. The van der Waals surface area contributed by atoms with Crippen LogP contribution in [-0.2, 0) is 25.4 Å². The first-order chi connectivity index (χ1) is 20.0. The van der Waals surface area contributed by atoms with Crippen LogP contribution in [0.4, 0.5) is 0 Å². The summed E-state index contributed by atoms with van der Waals surface area (Å²) in [7, 11) is 0. The molecule has 0 N–H and O–H groups in total. The first-order valence-corrected chi connectivity index (χ1v) is 15.3. The predicted molar refractivity (Wildman–Crippen MR) is 165 cm³/mol. The van der Waals surface area contributed by atoms with E-state index in [1.165, 1.54) is 63.0 Å². The zero-order valence-electron chi connectivity index (χ0n) is 25.2. The van der Waals surface area contributed by atoms with E-state index >= 15 is 0 Å². The third-order valence-electron chi connectivity index (χ3n) is 6.47. The van der Waals surface area contributed by atoms with Crippen molar-refractivity contribution in [3.05, 3.63) is 83.9 Å². The number of ether oxygens (including phenoxy) is 3. The molecule has 2 aromatic rings. The van der Waals surface area contributed by atoms with E-state index in [0.29, 0.717) is 30.9 Å². The van der Waals surface area contributed by atoms with Gasteiger partial charge in [0.1, 0.15) is 0 Å². The smallest absolute Gasteiger partial charge is 0.339 e. The molecule has 41 heavy (non-hydrogen) atoms. The molecular weight excluding hydrogens is 516 g/mol. The first-order valence-electron chi connectivity index (χ1n) is 15.3. The average Bonchev–Trinajstić information content (AvgIpc) is 3.00. The highest BCUT2D eigenvalue weighted by molar-refractivity contribution is 6.03. The molecule has 226 valence electrons. The molecule has 0 unspecified atom stereocenters. The van der Waals surface area contributed by atoms with Gasteiger partial charge in [-0.15, -0.1) is 0 Å². The molecule has 0 spiro atoms. The zero-order chi connectivity index (χ0) is 30.0. The summed E-state index contributed by atoms with van der Waals surface area (Å²) in [5.74, 6) is -1.25. The van der Waals surface area contributed by atoms with Gasteiger partial charge in [0.05, 0.1) is 30.9 Å². The third kappa shape index (κ3) is 17.8. The lowest BCUT2D eigenvalue weighted by Gasteiger charge is -2.10. The maximum Gasteiger partial charge on any atom is 0.339 e. The number of hydrogen-bond acceptors (Lipinski definition) is 6. The van der Waals surface area contributed by atoms with Crippen molar-refractivity contribution in [2.45, 2.75) is 97.3 Å². The number of esters is 3. The van der Waals surface area contributed by atoms with Gasteiger partial charge in [-0.05, 0) is 30.5 Å². The lowest BCUT2D eigenvalue weighted by Crippen LogP contribution is -2.15. The van der Waals surface area contributed by atoms with Gasteiger partial charge in [-0.2, -0.15) is 0 Å². The second-order valence-electron chi connectivity index (χ2n) is 9.96. The lowest BCUT2D eigenvalue weighted by molar-refractivity contribution is -0.137. The normalized spacial score (nSPS) is 10.2. The summed E-state index contributed by atoms with van der Waals surface area (Å²) in [5, 5.41) is 0. The van der Waals surface area contributed by atoms with Crippen molar-refractivity contribution in [3.8, 4) is 0 Å². The molecular formula is C35H50O6. The van der Waals surface area contributed by atoms with E-state index in [-0.39, 0.29) is 5.97 Å². The highest BCUT2D eigenvalue weighted by Crippen LogP contribution is 2.14. The van der Waals surface area contributed by atoms with E-state index in [9.17, 15) is 14.4 Å². The molecule has 0 saturated carbocycles. The maximum atomic E-state index is 12.4. The Balaban J connectivity index is 0.000000537. The van der Waals surface area contributed by atoms with Gasteiger partial charge >= 0.3 is 17.9 Å². The fourth-order valence-electron chi connectivity index (χ4n) is 4.06. The van der Waals surface area contributed by atoms with Gasteiger partial charge in [0.2, 0.25) is 0 Å². The lowest BCUT2D eigenvalue weighted by atomic mass is 10.1. The summed E-state index contributed by atoms with van der Waals surface area (Å²) in [6, 6.07) is 16.6. The fourth-order valence-corrected chi connectivity index (χ4v) is 4.06. The molecule has 0 saturated heterocycles. The molecule has 0 radical (unpaired) electrons. The second-order valence-corrected chi connectivity index (χ2v) is 9.96. The van der Waals surface area contributed by atoms with Gasteiger partial charge in [-0.3, -0.25) is 0 Å². The van der Waals surface area contributed by atoms with Gasteiger partial charge in [0, 0.05) is 12.5 Å². The average molecular weight is 567 g/mol. The maximum absolute atomic E-state index is 12.4. The van der Waals surface area contributed by atoms with Crippen molar-refractivity contribution < 1.29 is 28.6 Å². The molecule has 0 aromatic heterocycles. The van der Waals surface area contributed by atoms with Gasteiger partial charge < -0.3 is 14.2 Å². The van der Waals surface area contributed by atoms with Crippen molar-refractivity contribution in [1.29, 1.82) is 0 Å². The Kier molecular flexibility index (Phi) is 21.2. The van der Waals surface area contributed by atoms with Crippen LogP contribution < -0.4 is 0 Å². The largest absolute Gasteiger partial charge is 0.462 e. The summed E-state index contributed by atoms with van der Waals surface area (Å²) in [4.78, 5) is 35.4. The Morgan fingerprint density at radius 3 is 1.49 bits per heavy atom. The Hall–Kier alpha value is -3.41. The topological polar surface area (TPSA) is 78.9 Å². The highest BCUT2D eigenvalue weighted by atomic mass is 16.5. The molecule has 0 heterocycles. The Bertz CT molecular complexity index is 936. The van der Waals surface area contributed by atoms with E-state index in [4.69, 9.17) is 14.2 Å². The number of unbranched alkanes of at least 4 members (excludes halogenated alkanes) is 10. The summed E-state index contributed by atoms with van der Waals surface area (Å²) in [6.45, 7) is 8.90. The van der Waals surface area contributed by atoms with E-state index < -0.39 is 11.9 Å². The van der Waals surface area contributed by atoms with Crippen LogP contribution >= 0.6 is 0 Å². The summed E-state index contributed by atoms with van der Waals surface area (Å²) in [5.41, 5.74) is 1.75. The number of hydrogen-bond donors (Lipinski definition) is 0. The standard InChI is InChI=1S/C24H38O4.C11H12O2/c1-3-5-7-9-11-15-19-27-23(25)21-17-13-14-18-22(21)24(26)28-20-16-12-10-8-6-4-2;1-2-11(12)13-9-8-10-6-4-3-5-7-10/h13-14,17-18H,3-12,15-16,19-20H2,1-2H3;2-7H,1,8-9H2. The van der Waals surface area contributed by atoms with E-state index in [0.717, 1.165) is 32.1 Å². The van der Waals surface area contributed by atoms with Crippen molar-refractivity contribution in [2.75, 3.05) is 19.8 Å². The molecule has 0 atom stereocenters. The highest BCUT2D eigenvalue weighted by Gasteiger charge is 2.18. The van der Waals surface area contributed by atoms with Gasteiger partial charge in [-0.25, -0.2) is 14.4 Å². The number of benzene rings is 2. The molecule has 6 heteroatoms. The van der Waals surface area contributed by atoms with Crippen LogP contribution in [-0.4, -0.2) is 37.7 Å². The van der Waals surface area contributed by atoms with Crippen LogP contribution in [0.2, 0.25) is 0 Å². The molecule has 0 aliphatic rings. The van der Waals surface area contributed by atoms with Crippen LogP contribution in [0.15, 0.2) is 67.3 Å². The van der Waals surface area contributed by atoms with Gasteiger partial charge in [0.25, 0.3) is 0 Å². The summed E-state index contributed by atoms with van der Waals surface area (Å²) in [6.07, 6.45) is 15.6. The molecule has 0 aliphatic carbocycles. The Morgan fingerprint density at radius 1 is 0.585 bits per heavy atom. The fraction of sp³-hybridized carbons (Fsp3) is 0.514. The van der Waals surface area contributed by atoms with Crippen molar-refractivity contribution in [2.24, 2.45) is 0 Å². The molecule has 2 rings (SSSR count). The summed E-state index contributed by atoms with van der Waals surface area (Å²) < 4.78 is 15.6. The minimum absolute atomic E-state index is 0.293. The van der Waals surface area contributed by atoms with Crippen LogP contribution in [0.5, 0.6) is 0 Å².